The van der Waals surface area contributed by atoms with Gasteiger partial charge in [-0.15, -0.1) is 9.05 Å². The van der Waals surface area contributed by atoms with Crippen LogP contribution in [0, 0.1) is 0 Å². The molecule has 2 bridgehead atoms. The highest BCUT2D eigenvalue weighted by Crippen LogP contribution is 2.51. The van der Waals surface area contributed by atoms with Gasteiger partial charge in [0.05, 0.1) is 19.3 Å². The van der Waals surface area contributed by atoms with Crippen molar-refractivity contribution in [2.75, 3.05) is 24.7 Å². The van der Waals surface area contributed by atoms with Gasteiger partial charge in [0.15, 0.2) is 41.5 Å². The van der Waals surface area contributed by atoms with Crippen molar-refractivity contribution in [3.05, 3.63) is 25.3 Å². The van der Waals surface area contributed by atoms with Crippen LogP contribution in [0.3, 0.4) is 0 Å². The second-order valence-corrected chi connectivity index (χ2v) is 13.4. The molecule has 228 valence electrons. The molecule has 4 aromatic rings. The Balaban J connectivity index is 1.18. The number of aliphatic hydroxyl groups excluding tert-OH is 2. The van der Waals surface area contributed by atoms with E-state index in [1.54, 1.807) is 0 Å². The SMILES string of the molecule is Nc1ncnc2c1ncn2[C@@H]1O[C@@H]2COP(O)(=S)O[C@@H]3[C@H](O)[C@@H](CO[P+](=O)O[C@H]2[C@H]1O)O[C@H]3n1cnc2c(N)ncnc21. The van der Waals surface area contributed by atoms with Crippen LogP contribution in [0.4, 0.5) is 11.6 Å². The summed E-state index contributed by atoms with van der Waals surface area (Å²) >= 11 is 5.26. The molecule has 7 N–H and O–H groups in total. The summed E-state index contributed by atoms with van der Waals surface area (Å²) < 4.78 is 50.0. The van der Waals surface area contributed by atoms with Crippen LogP contribution in [0.25, 0.3) is 22.3 Å². The Morgan fingerprint density at radius 1 is 0.860 bits per heavy atom. The van der Waals surface area contributed by atoms with Crippen LogP contribution in [-0.4, -0.2) is 104 Å². The first-order valence-electron chi connectivity index (χ1n) is 12.6. The van der Waals surface area contributed by atoms with Crippen LogP contribution >= 0.6 is 15.0 Å². The lowest BCUT2D eigenvalue weighted by Gasteiger charge is -2.26. The quantitative estimate of drug-likeness (QED) is 0.162. The van der Waals surface area contributed by atoms with Crippen molar-refractivity contribution in [1.29, 1.82) is 0 Å². The lowest BCUT2D eigenvalue weighted by molar-refractivity contribution is -0.0591. The van der Waals surface area contributed by atoms with Crippen molar-refractivity contribution in [3.63, 3.8) is 0 Å². The third kappa shape index (κ3) is 5.06. The second kappa shape index (κ2) is 10.9. The van der Waals surface area contributed by atoms with E-state index in [4.69, 9.17) is 50.8 Å². The Morgan fingerprint density at radius 2 is 1.47 bits per heavy atom. The number of hydrogen-bond acceptors (Lipinski definition) is 18. The molecule has 3 saturated heterocycles. The van der Waals surface area contributed by atoms with Crippen LogP contribution in [0.5, 0.6) is 0 Å². The van der Waals surface area contributed by atoms with E-state index < -0.39 is 77.3 Å². The highest BCUT2D eigenvalue weighted by molar-refractivity contribution is 8.07. The minimum absolute atomic E-state index is 0.109. The average molecular weight is 657 g/mol. The van der Waals surface area contributed by atoms with Crippen molar-refractivity contribution < 1.29 is 47.2 Å². The molecule has 20 nitrogen and oxygen atoms in total. The number of nitrogens with two attached hydrogens (primary N) is 2. The van der Waals surface area contributed by atoms with Gasteiger partial charge in [-0.1, -0.05) is 0 Å². The van der Waals surface area contributed by atoms with Crippen molar-refractivity contribution in [3.8, 4) is 0 Å². The topological polar surface area (TPSA) is 272 Å². The monoisotopic (exact) mass is 657 g/mol. The van der Waals surface area contributed by atoms with E-state index in [0.717, 1.165) is 0 Å². The van der Waals surface area contributed by atoms with Crippen LogP contribution in [0.15, 0.2) is 25.3 Å². The summed E-state index contributed by atoms with van der Waals surface area (Å²) in [6.07, 6.45) is -4.94. The first-order valence-corrected chi connectivity index (χ1v) is 16.3. The molecular weight excluding hydrogens is 634 g/mol. The maximum Gasteiger partial charge on any atom is 0.697 e. The Hall–Kier alpha value is -2.91. The van der Waals surface area contributed by atoms with Gasteiger partial charge in [-0.3, -0.25) is 13.7 Å². The maximum atomic E-state index is 12.9. The van der Waals surface area contributed by atoms with E-state index in [-0.39, 0.29) is 34.0 Å². The van der Waals surface area contributed by atoms with Crippen LogP contribution < -0.4 is 11.5 Å². The standard InChI is InChI=1S/C20H22N10O10P2S/c21-15-9-17(25-3-23-15)29(5-27-9)19-12(32)13-8(38-19)2-36-42(34,43)40-14-11(31)7(1-35-41(33)39-13)37-20(14)30-6-28-10-16(22)24-4-26-18(10)30/h3-8,11-14,19-20,31-32H,1-2H2,(H4-,21,22,23,24,25,26,34,43)/p+1/t7-,8-,11-,12-,13-,14-,19-,20-,42?/m1/s1. The first kappa shape index (κ1) is 28.8. The Morgan fingerprint density at radius 3 is 2.12 bits per heavy atom. The molecule has 3 fully saturated rings. The molecule has 0 aliphatic carbocycles. The number of aromatic nitrogens is 8. The van der Waals surface area contributed by atoms with Gasteiger partial charge in [-0.05, 0) is 11.8 Å². The third-order valence-corrected chi connectivity index (χ3v) is 9.49. The number of ether oxygens (including phenoxy) is 2. The predicted molar refractivity (Wildman–Crippen MR) is 145 cm³/mol. The van der Waals surface area contributed by atoms with E-state index in [1.165, 1.54) is 34.4 Å². The molecule has 0 radical (unpaired) electrons. The number of imidazole rings is 2. The number of fused-ring (bicyclic) bond motifs is 5. The number of nitrogen functional groups attached to an aromatic ring is 2. The van der Waals surface area contributed by atoms with E-state index in [1.807, 2.05) is 0 Å². The van der Waals surface area contributed by atoms with Gasteiger partial charge >= 0.3 is 15.0 Å². The molecule has 0 aromatic carbocycles. The zero-order chi connectivity index (χ0) is 30.0. The lowest BCUT2D eigenvalue weighted by atomic mass is 10.1. The molecule has 3 aliphatic rings. The predicted octanol–water partition coefficient (Wildman–Crippen LogP) is -0.961. The molecule has 2 unspecified atom stereocenters. The highest BCUT2D eigenvalue weighted by atomic mass is 32.5. The fraction of sp³-hybridized carbons (Fsp3) is 0.500. The Kier molecular flexibility index (Phi) is 7.32. The molecule has 0 spiro atoms. The van der Waals surface area contributed by atoms with Crippen LogP contribution in [0.1, 0.15) is 12.5 Å². The molecular formula is C20H23N10O10P2S+. The molecule has 43 heavy (non-hydrogen) atoms. The van der Waals surface area contributed by atoms with E-state index >= 15 is 0 Å². The molecule has 7 rings (SSSR count). The summed E-state index contributed by atoms with van der Waals surface area (Å²) in [5.41, 5.74) is 12.8. The van der Waals surface area contributed by atoms with Crippen LogP contribution in [-0.2, 0) is 43.9 Å². The summed E-state index contributed by atoms with van der Waals surface area (Å²) in [7, 11) is -2.90. The highest BCUT2D eigenvalue weighted by Gasteiger charge is 2.54. The number of nitrogens with zero attached hydrogens (tertiary/aromatic N) is 8. The summed E-state index contributed by atoms with van der Waals surface area (Å²) in [5, 5.41) is 22.3. The number of anilines is 2. The van der Waals surface area contributed by atoms with E-state index in [9.17, 15) is 19.7 Å². The smallest absolute Gasteiger partial charge is 0.387 e. The fourth-order valence-corrected chi connectivity index (χ4v) is 7.34. The molecule has 4 aromatic heterocycles. The summed E-state index contributed by atoms with van der Waals surface area (Å²) in [4.78, 5) is 35.5. The maximum absolute atomic E-state index is 12.9. The normalized spacial score (nSPS) is 36.3. The first-order chi connectivity index (χ1) is 20.6. The summed E-state index contributed by atoms with van der Waals surface area (Å²) in [6, 6.07) is 0. The van der Waals surface area contributed by atoms with Gasteiger partial charge in [0.1, 0.15) is 60.8 Å². The fourth-order valence-electron chi connectivity index (χ4n) is 5.14. The summed E-state index contributed by atoms with van der Waals surface area (Å²) in [5.74, 6) is 0.225. The van der Waals surface area contributed by atoms with E-state index in [0.29, 0.717) is 0 Å². The molecule has 0 saturated carbocycles. The molecule has 23 heteroatoms. The van der Waals surface area contributed by atoms with Crippen LogP contribution in [0.2, 0.25) is 0 Å². The Bertz CT molecular complexity index is 1760. The molecule has 10 atom stereocenters. The van der Waals surface area contributed by atoms with Gasteiger partial charge < -0.3 is 40.6 Å². The number of hydrogen-bond donors (Lipinski definition) is 5. The minimum atomic E-state index is -4.14. The Labute approximate surface area is 246 Å². The van der Waals surface area contributed by atoms with Gasteiger partial charge in [-0.2, -0.15) is 0 Å². The zero-order valence-electron chi connectivity index (χ0n) is 21.6. The van der Waals surface area contributed by atoms with Crippen molar-refractivity contribution in [1.82, 2.24) is 39.0 Å². The largest absolute Gasteiger partial charge is 0.697 e. The molecule has 7 heterocycles. The van der Waals surface area contributed by atoms with Gasteiger partial charge in [0, 0.05) is 4.57 Å². The number of rotatable bonds is 2. The van der Waals surface area contributed by atoms with Gasteiger partial charge in [0.2, 0.25) is 0 Å². The molecule has 0 amide bonds. The van der Waals surface area contributed by atoms with Crippen molar-refractivity contribution in [2.24, 2.45) is 0 Å². The average Bonchev–Trinajstić information content (AvgIpc) is 3.73. The van der Waals surface area contributed by atoms with Crippen molar-refractivity contribution in [2.45, 2.75) is 49.1 Å². The van der Waals surface area contributed by atoms with Gasteiger partial charge in [0.25, 0.3) is 0 Å². The third-order valence-electron chi connectivity index (χ3n) is 7.15. The second-order valence-electron chi connectivity index (χ2n) is 9.70. The van der Waals surface area contributed by atoms with Crippen molar-refractivity contribution >= 4 is 60.7 Å². The minimum Gasteiger partial charge on any atom is -0.387 e. The molecule has 3 aliphatic heterocycles. The lowest BCUT2D eigenvalue weighted by Crippen LogP contribution is -2.35. The van der Waals surface area contributed by atoms with Gasteiger partial charge in [-0.25, -0.2) is 29.9 Å². The van der Waals surface area contributed by atoms with E-state index in [2.05, 4.69) is 29.9 Å². The summed E-state index contributed by atoms with van der Waals surface area (Å²) in [6.45, 7) is -5.06. The number of aliphatic hydroxyl groups is 2. The zero-order valence-corrected chi connectivity index (χ0v) is 24.2.